The number of carbonyl (C=O) groups excluding carboxylic acids is 1. The van der Waals surface area contributed by atoms with Crippen LogP contribution in [0.25, 0.3) is 10.4 Å². The standard InChI is InChI=1S/C12H11N3OS/c1-10(16)17-8-3-2-5-11-6-4-7-12(9-11)14-15-13/h4,6-7,9H,3,8H2,1H3. The molecule has 17 heavy (non-hydrogen) atoms. The number of azide groups is 1. The second-order valence-electron chi connectivity index (χ2n) is 3.13. The highest BCUT2D eigenvalue weighted by atomic mass is 32.2. The summed E-state index contributed by atoms with van der Waals surface area (Å²) < 4.78 is 0. The smallest absolute Gasteiger partial charge is 0.185 e. The highest BCUT2D eigenvalue weighted by molar-refractivity contribution is 8.13. The third-order valence-corrected chi connectivity index (χ3v) is 2.59. The van der Waals surface area contributed by atoms with Crippen LogP contribution < -0.4 is 0 Å². The summed E-state index contributed by atoms with van der Waals surface area (Å²) in [5, 5.41) is 3.61. The third kappa shape index (κ3) is 5.67. The van der Waals surface area contributed by atoms with E-state index in [2.05, 4.69) is 21.9 Å². The SMILES string of the molecule is CC(=O)SCCC#Cc1cccc(N=[N+]=[N-])c1. The maximum atomic E-state index is 10.7. The van der Waals surface area contributed by atoms with Crippen molar-refractivity contribution >= 4 is 22.6 Å². The van der Waals surface area contributed by atoms with Gasteiger partial charge in [-0.15, -0.1) is 0 Å². The molecule has 0 atom stereocenters. The van der Waals surface area contributed by atoms with Crippen molar-refractivity contribution in [3.63, 3.8) is 0 Å². The second kappa shape index (κ2) is 7.39. The highest BCUT2D eigenvalue weighted by Crippen LogP contribution is 2.13. The highest BCUT2D eigenvalue weighted by Gasteiger charge is 1.92. The largest absolute Gasteiger partial charge is 0.288 e. The molecule has 0 bridgehead atoms. The Morgan fingerprint density at radius 2 is 2.41 bits per heavy atom. The number of nitrogens with zero attached hydrogens (tertiary/aromatic N) is 3. The van der Waals surface area contributed by atoms with Gasteiger partial charge in [0.1, 0.15) is 0 Å². The minimum absolute atomic E-state index is 0.108. The Hall–Kier alpha value is -1.89. The molecule has 0 saturated carbocycles. The molecule has 1 rings (SSSR count). The molecule has 0 spiro atoms. The van der Waals surface area contributed by atoms with Gasteiger partial charge in [-0.25, -0.2) is 0 Å². The molecule has 0 aromatic heterocycles. The molecule has 5 heteroatoms. The Labute approximate surface area is 104 Å². The van der Waals surface area contributed by atoms with Crippen molar-refractivity contribution in [1.29, 1.82) is 0 Å². The van der Waals surface area contributed by atoms with E-state index in [1.165, 1.54) is 11.8 Å². The molecule has 0 radical (unpaired) electrons. The number of thioether (sulfide) groups is 1. The summed E-state index contributed by atoms with van der Waals surface area (Å²) in [7, 11) is 0. The first-order chi connectivity index (χ1) is 8.22. The number of hydrogen-bond acceptors (Lipinski definition) is 3. The zero-order valence-corrected chi connectivity index (χ0v) is 10.2. The van der Waals surface area contributed by atoms with Crippen LogP contribution in [-0.2, 0) is 4.79 Å². The summed E-state index contributed by atoms with van der Waals surface area (Å²) in [6.07, 6.45) is 0.663. The van der Waals surface area contributed by atoms with Gasteiger partial charge >= 0.3 is 0 Å². The van der Waals surface area contributed by atoms with Crippen LogP contribution in [0.4, 0.5) is 5.69 Å². The van der Waals surface area contributed by atoms with Gasteiger partial charge in [-0.3, -0.25) is 4.79 Å². The summed E-state index contributed by atoms with van der Waals surface area (Å²) in [5.41, 5.74) is 9.66. The molecular weight excluding hydrogens is 234 g/mol. The lowest BCUT2D eigenvalue weighted by Gasteiger charge is -1.92. The topological polar surface area (TPSA) is 65.8 Å². The zero-order valence-electron chi connectivity index (χ0n) is 9.38. The lowest BCUT2D eigenvalue weighted by molar-refractivity contribution is -0.109. The Morgan fingerprint density at radius 3 is 3.12 bits per heavy atom. The van der Waals surface area contributed by atoms with Gasteiger partial charge in [0, 0.05) is 35.3 Å². The average Bonchev–Trinajstić information content (AvgIpc) is 2.29. The Morgan fingerprint density at radius 1 is 1.59 bits per heavy atom. The Balaban J connectivity index is 2.56. The van der Waals surface area contributed by atoms with Crippen LogP contribution in [0.2, 0.25) is 0 Å². The molecular formula is C12H11N3OS. The second-order valence-corrected chi connectivity index (χ2v) is 4.40. The number of carbonyl (C=O) groups is 1. The van der Waals surface area contributed by atoms with Crippen LogP contribution in [0, 0.1) is 11.8 Å². The Bertz CT molecular complexity index is 510. The lowest BCUT2D eigenvalue weighted by atomic mass is 10.2. The minimum atomic E-state index is 0.108. The molecule has 4 nitrogen and oxygen atoms in total. The predicted molar refractivity (Wildman–Crippen MR) is 69.9 cm³/mol. The molecule has 0 unspecified atom stereocenters. The van der Waals surface area contributed by atoms with Gasteiger partial charge in [-0.05, 0) is 17.7 Å². The monoisotopic (exact) mass is 245 g/mol. The zero-order chi connectivity index (χ0) is 12.5. The summed E-state index contributed by atoms with van der Waals surface area (Å²) >= 11 is 1.27. The van der Waals surface area contributed by atoms with E-state index in [0.29, 0.717) is 17.9 Å². The van der Waals surface area contributed by atoms with Crippen LogP contribution >= 0.6 is 11.8 Å². The van der Waals surface area contributed by atoms with E-state index in [1.54, 1.807) is 25.1 Å². The normalized spacial score (nSPS) is 8.76. The third-order valence-electron chi connectivity index (χ3n) is 1.77. The molecule has 0 amide bonds. The average molecular weight is 245 g/mol. The molecule has 1 aromatic rings. The van der Waals surface area contributed by atoms with Gasteiger partial charge in [0.15, 0.2) is 5.12 Å². The van der Waals surface area contributed by atoms with E-state index in [4.69, 9.17) is 5.53 Å². The first-order valence-electron chi connectivity index (χ1n) is 5.00. The molecule has 0 aliphatic heterocycles. The number of rotatable bonds is 3. The van der Waals surface area contributed by atoms with Gasteiger partial charge in [-0.2, -0.15) is 0 Å². The van der Waals surface area contributed by atoms with Crippen LogP contribution in [0.1, 0.15) is 18.9 Å². The summed E-state index contributed by atoms with van der Waals surface area (Å²) in [6.45, 7) is 1.54. The van der Waals surface area contributed by atoms with Gasteiger partial charge in [-0.1, -0.05) is 40.8 Å². The van der Waals surface area contributed by atoms with Crippen molar-refractivity contribution in [2.45, 2.75) is 13.3 Å². The minimum Gasteiger partial charge on any atom is -0.288 e. The van der Waals surface area contributed by atoms with E-state index in [1.807, 2.05) is 6.07 Å². The fraction of sp³-hybridized carbons (Fsp3) is 0.250. The maximum absolute atomic E-state index is 10.7. The lowest BCUT2D eigenvalue weighted by Crippen LogP contribution is -1.84. The predicted octanol–water partition coefficient (Wildman–Crippen LogP) is 3.65. The molecule has 0 heterocycles. The number of hydrogen-bond donors (Lipinski definition) is 0. The van der Waals surface area contributed by atoms with Gasteiger partial charge in [0.2, 0.25) is 0 Å². The van der Waals surface area contributed by atoms with E-state index in [0.717, 1.165) is 5.56 Å². The maximum Gasteiger partial charge on any atom is 0.185 e. The molecule has 0 saturated heterocycles. The summed E-state index contributed by atoms with van der Waals surface area (Å²) in [5.74, 6) is 6.63. The Kier molecular flexibility index (Phi) is 5.73. The molecule has 0 aliphatic rings. The van der Waals surface area contributed by atoms with Crippen molar-refractivity contribution in [1.82, 2.24) is 0 Å². The van der Waals surface area contributed by atoms with Crippen LogP contribution in [0.3, 0.4) is 0 Å². The van der Waals surface area contributed by atoms with E-state index < -0.39 is 0 Å². The molecule has 0 aliphatic carbocycles. The van der Waals surface area contributed by atoms with Crippen molar-refractivity contribution in [3.05, 3.63) is 40.3 Å². The molecule has 0 N–H and O–H groups in total. The first kappa shape index (κ1) is 13.2. The summed E-state index contributed by atoms with van der Waals surface area (Å²) in [6, 6.07) is 7.08. The fourth-order valence-corrected chi connectivity index (χ4v) is 1.60. The van der Waals surface area contributed by atoms with Crippen molar-refractivity contribution in [3.8, 4) is 11.8 Å². The molecule has 1 aromatic carbocycles. The van der Waals surface area contributed by atoms with Gasteiger partial charge in [0.25, 0.3) is 0 Å². The van der Waals surface area contributed by atoms with Gasteiger partial charge in [0.05, 0.1) is 0 Å². The van der Waals surface area contributed by atoms with Crippen LogP contribution in [0.5, 0.6) is 0 Å². The molecule has 0 fully saturated rings. The molecule has 86 valence electrons. The van der Waals surface area contributed by atoms with E-state index in [9.17, 15) is 4.79 Å². The van der Waals surface area contributed by atoms with E-state index in [-0.39, 0.29) is 5.12 Å². The number of benzene rings is 1. The van der Waals surface area contributed by atoms with Crippen LogP contribution in [-0.4, -0.2) is 10.9 Å². The van der Waals surface area contributed by atoms with Crippen molar-refractivity contribution < 1.29 is 4.79 Å². The quantitative estimate of drug-likeness (QED) is 0.268. The fourth-order valence-electron chi connectivity index (χ4n) is 1.11. The van der Waals surface area contributed by atoms with Gasteiger partial charge < -0.3 is 0 Å². The summed E-state index contributed by atoms with van der Waals surface area (Å²) in [4.78, 5) is 13.4. The van der Waals surface area contributed by atoms with Crippen LogP contribution in [0.15, 0.2) is 29.4 Å². The van der Waals surface area contributed by atoms with Crippen molar-refractivity contribution in [2.24, 2.45) is 5.11 Å². The van der Waals surface area contributed by atoms with E-state index >= 15 is 0 Å². The first-order valence-corrected chi connectivity index (χ1v) is 5.98. The van der Waals surface area contributed by atoms with Crippen molar-refractivity contribution in [2.75, 3.05) is 5.75 Å².